The summed E-state index contributed by atoms with van der Waals surface area (Å²) in [5.41, 5.74) is 6.55. The molecule has 1 aromatic rings. The Morgan fingerprint density at radius 3 is 2.84 bits per heavy atom. The van der Waals surface area contributed by atoms with Crippen LogP contribution >= 0.6 is 0 Å². The van der Waals surface area contributed by atoms with Crippen LogP contribution in [0.1, 0.15) is 12.1 Å². The van der Waals surface area contributed by atoms with E-state index in [0.29, 0.717) is 5.88 Å². The number of nitrogens with two attached hydrogens (primary N) is 1. The Balaban J connectivity index is 2.07. The zero-order chi connectivity index (χ0) is 13.7. The molecule has 0 atom stereocenters. The molecule has 19 heavy (non-hydrogen) atoms. The van der Waals surface area contributed by atoms with Crippen LogP contribution in [0.2, 0.25) is 0 Å². The lowest BCUT2D eigenvalue weighted by Crippen LogP contribution is -2.34. The number of aryl methyl sites for hydroxylation is 1. The van der Waals surface area contributed by atoms with Crippen molar-refractivity contribution in [2.24, 2.45) is 5.73 Å². The van der Waals surface area contributed by atoms with E-state index in [9.17, 15) is 0 Å². The van der Waals surface area contributed by atoms with Gasteiger partial charge in [0.15, 0.2) is 0 Å². The molecule has 0 spiro atoms. The van der Waals surface area contributed by atoms with E-state index in [1.807, 2.05) is 13.0 Å². The molecule has 2 rings (SSSR count). The zero-order valence-corrected chi connectivity index (χ0v) is 11.8. The molecule has 106 valence electrons. The van der Waals surface area contributed by atoms with Gasteiger partial charge in [-0.3, -0.25) is 0 Å². The van der Waals surface area contributed by atoms with E-state index >= 15 is 0 Å². The van der Waals surface area contributed by atoms with Crippen LogP contribution in [0.25, 0.3) is 0 Å². The average Bonchev–Trinajstić information content (AvgIpc) is 2.64. The summed E-state index contributed by atoms with van der Waals surface area (Å²) >= 11 is 0. The Kier molecular flexibility index (Phi) is 4.93. The van der Waals surface area contributed by atoms with Crippen LogP contribution in [0.15, 0.2) is 6.07 Å². The first kappa shape index (κ1) is 14.0. The van der Waals surface area contributed by atoms with Gasteiger partial charge < -0.3 is 20.3 Å². The van der Waals surface area contributed by atoms with E-state index < -0.39 is 0 Å². The highest BCUT2D eigenvalue weighted by atomic mass is 16.5. The number of methoxy groups -OCH3 is 1. The number of hydrogen-bond acceptors (Lipinski definition) is 6. The van der Waals surface area contributed by atoms with Gasteiger partial charge in [0.1, 0.15) is 0 Å². The number of anilines is 1. The number of hydrogen-bond donors (Lipinski definition) is 1. The van der Waals surface area contributed by atoms with Crippen molar-refractivity contribution in [3.8, 4) is 5.88 Å². The fourth-order valence-electron chi connectivity index (χ4n) is 2.35. The molecule has 1 aliphatic heterocycles. The minimum absolute atomic E-state index is 0.630. The van der Waals surface area contributed by atoms with Gasteiger partial charge in [-0.1, -0.05) is 0 Å². The van der Waals surface area contributed by atoms with Crippen LogP contribution in [-0.4, -0.2) is 61.2 Å². The molecule has 1 saturated heterocycles. The molecule has 1 aromatic heterocycles. The molecular formula is C13H23N5O. The molecule has 1 aliphatic rings. The van der Waals surface area contributed by atoms with Gasteiger partial charge in [-0.05, 0) is 19.9 Å². The van der Waals surface area contributed by atoms with Gasteiger partial charge >= 0.3 is 0 Å². The summed E-state index contributed by atoms with van der Waals surface area (Å²) in [6, 6.07) is 1.85. The van der Waals surface area contributed by atoms with Crippen LogP contribution in [0.5, 0.6) is 5.88 Å². The van der Waals surface area contributed by atoms with Gasteiger partial charge in [-0.2, -0.15) is 4.98 Å². The molecule has 6 heteroatoms. The molecular weight excluding hydrogens is 242 g/mol. The molecule has 1 fully saturated rings. The highest BCUT2D eigenvalue weighted by molar-refractivity contribution is 5.34. The summed E-state index contributed by atoms with van der Waals surface area (Å²) in [4.78, 5) is 13.6. The monoisotopic (exact) mass is 265 g/mol. The van der Waals surface area contributed by atoms with E-state index in [1.54, 1.807) is 7.11 Å². The van der Waals surface area contributed by atoms with E-state index in [2.05, 4.69) is 19.8 Å². The Morgan fingerprint density at radius 2 is 2.11 bits per heavy atom. The maximum atomic E-state index is 5.62. The van der Waals surface area contributed by atoms with Gasteiger partial charge in [0.05, 0.1) is 7.11 Å². The third kappa shape index (κ3) is 3.78. The number of nitrogens with zero attached hydrogens (tertiary/aromatic N) is 4. The van der Waals surface area contributed by atoms with Crippen LogP contribution in [0, 0.1) is 6.92 Å². The van der Waals surface area contributed by atoms with Crippen molar-refractivity contribution in [1.29, 1.82) is 0 Å². The summed E-state index contributed by atoms with van der Waals surface area (Å²) < 4.78 is 5.21. The SMILES string of the molecule is COc1cc(C)nc(N2CCCN(CCN)CC2)n1. The zero-order valence-electron chi connectivity index (χ0n) is 11.8. The van der Waals surface area contributed by atoms with Crippen LogP contribution in [0.3, 0.4) is 0 Å². The van der Waals surface area contributed by atoms with Crippen molar-refractivity contribution in [1.82, 2.24) is 14.9 Å². The van der Waals surface area contributed by atoms with E-state index in [4.69, 9.17) is 10.5 Å². The lowest BCUT2D eigenvalue weighted by Gasteiger charge is -2.22. The summed E-state index contributed by atoms with van der Waals surface area (Å²) in [6.45, 7) is 7.67. The highest BCUT2D eigenvalue weighted by Gasteiger charge is 2.17. The second-order valence-corrected chi connectivity index (χ2v) is 4.82. The van der Waals surface area contributed by atoms with Gasteiger partial charge in [0, 0.05) is 44.5 Å². The summed E-state index contributed by atoms with van der Waals surface area (Å²) in [7, 11) is 1.64. The fourth-order valence-corrected chi connectivity index (χ4v) is 2.35. The number of aromatic nitrogens is 2. The topological polar surface area (TPSA) is 67.5 Å². The van der Waals surface area contributed by atoms with Crippen molar-refractivity contribution in [3.05, 3.63) is 11.8 Å². The van der Waals surface area contributed by atoms with Crippen LogP contribution < -0.4 is 15.4 Å². The normalized spacial score (nSPS) is 17.3. The quantitative estimate of drug-likeness (QED) is 0.842. The first-order chi connectivity index (χ1) is 9.22. The van der Waals surface area contributed by atoms with Gasteiger partial charge in [0.2, 0.25) is 11.8 Å². The Hall–Kier alpha value is -1.40. The third-order valence-corrected chi connectivity index (χ3v) is 3.34. The third-order valence-electron chi connectivity index (χ3n) is 3.34. The standard InChI is InChI=1S/C13H23N5O/c1-11-10-12(19-2)16-13(15-11)18-6-3-5-17(7-4-14)8-9-18/h10H,3-9,14H2,1-2H3. The summed E-state index contributed by atoms with van der Waals surface area (Å²) in [5, 5.41) is 0. The van der Waals surface area contributed by atoms with Crippen molar-refractivity contribution in [2.75, 3.05) is 51.3 Å². The summed E-state index contributed by atoms with van der Waals surface area (Å²) in [5.74, 6) is 1.40. The maximum Gasteiger partial charge on any atom is 0.228 e. The first-order valence-corrected chi connectivity index (χ1v) is 6.80. The highest BCUT2D eigenvalue weighted by Crippen LogP contribution is 2.16. The first-order valence-electron chi connectivity index (χ1n) is 6.80. The van der Waals surface area contributed by atoms with Crippen molar-refractivity contribution < 1.29 is 4.74 Å². The molecule has 0 saturated carbocycles. The van der Waals surface area contributed by atoms with E-state index in [1.165, 1.54) is 0 Å². The van der Waals surface area contributed by atoms with Crippen molar-refractivity contribution in [3.63, 3.8) is 0 Å². The maximum absolute atomic E-state index is 5.62. The molecule has 0 amide bonds. The van der Waals surface area contributed by atoms with E-state index in [0.717, 1.165) is 57.3 Å². The molecule has 6 nitrogen and oxygen atoms in total. The Labute approximate surface area is 114 Å². The van der Waals surface area contributed by atoms with Crippen molar-refractivity contribution >= 4 is 5.95 Å². The molecule has 0 radical (unpaired) electrons. The molecule has 0 aliphatic carbocycles. The molecule has 0 unspecified atom stereocenters. The predicted octanol–water partition coefficient (Wildman–Crippen LogP) is 0.264. The largest absolute Gasteiger partial charge is 0.481 e. The molecule has 2 heterocycles. The van der Waals surface area contributed by atoms with Crippen LogP contribution in [-0.2, 0) is 0 Å². The minimum Gasteiger partial charge on any atom is -0.481 e. The van der Waals surface area contributed by atoms with Gasteiger partial charge in [-0.25, -0.2) is 4.98 Å². The molecule has 0 aromatic carbocycles. The predicted molar refractivity (Wildman–Crippen MR) is 75.6 cm³/mol. The Bertz CT molecular complexity index is 412. The summed E-state index contributed by atoms with van der Waals surface area (Å²) in [6.07, 6.45) is 1.11. The molecule has 0 bridgehead atoms. The second-order valence-electron chi connectivity index (χ2n) is 4.82. The number of rotatable bonds is 4. The molecule has 2 N–H and O–H groups in total. The van der Waals surface area contributed by atoms with Gasteiger partial charge in [0.25, 0.3) is 0 Å². The number of ether oxygens (including phenoxy) is 1. The van der Waals surface area contributed by atoms with Crippen LogP contribution in [0.4, 0.5) is 5.95 Å². The Morgan fingerprint density at radius 1 is 1.26 bits per heavy atom. The minimum atomic E-state index is 0.630. The van der Waals surface area contributed by atoms with Crippen molar-refractivity contribution in [2.45, 2.75) is 13.3 Å². The second kappa shape index (κ2) is 6.68. The smallest absolute Gasteiger partial charge is 0.228 e. The average molecular weight is 265 g/mol. The fraction of sp³-hybridized carbons (Fsp3) is 0.692. The lowest BCUT2D eigenvalue weighted by atomic mass is 10.4. The lowest BCUT2D eigenvalue weighted by molar-refractivity contribution is 0.302. The van der Waals surface area contributed by atoms with E-state index in [-0.39, 0.29) is 0 Å². The van der Waals surface area contributed by atoms with Gasteiger partial charge in [-0.15, -0.1) is 0 Å².